The molecule has 1 rings (SSSR count). The van der Waals surface area contributed by atoms with Crippen LogP contribution in [0.1, 0.15) is 18.9 Å². The fraction of sp³-hybridized carbons (Fsp3) is 0.615. The number of ether oxygens (including phenoxy) is 1. The van der Waals surface area contributed by atoms with Crippen molar-refractivity contribution in [3.05, 3.63) is 23.9 Å². The van der Waals surface area contributed by atoms with Gasteiger partial charge in [0.25, 0.3) is 0 Å². The summed E-state index contributed by atoms with van der Waals surface area (Å²) in [6.07, 6.45) is -2.49. The average molecular weight is 308 g/mol. The summed E-state index contributed by atoms with van der Waals surface area (Å²) < 4.78 is 42.2. The van der Waals surface area contributed by atoms with Crippen molar-refractivity contribution in [2.75, 3.05) is 32.1 Å². The third-order valence-corrected chi connectivity index (χ3v) is 3.38. The summed E-state index contributed by atoms with van der Waals surface area (Å²) in [7, 11) is 0. The first-order valence-corrected chi connectivity index (χ1v) is 7.47. The van der Waals surface area contributed by atoms with Gasteiger partial charge in [0.05, 0.1) is 10.6 Å². The van der Waals surface area contributed by atoms with E-state index in [0.717, 1.165) is 50.7 Å². The van der Waals surface area contributed by atoms with E-state index in [-0.39, 0.29) is 0 Å². The van der Waals surface area contributed by atoms with Crippen molar-refractivity contribution in [1.29, 1.82) is 0 Å². The second kappa shape index (κ2) is 9.20. The Labute approximate surface area is 121 Å². The standard InChI is InChI=1S/C13H19F3N2OS/c1-2-19-8-3-6-17-7-9-20-12-5-4-11(10-18-12)13(14,15)16/h4-5,10,17H,2-3,6-9H2,1H3. The molecule has 0 radical (unpaired) electrons. The predicted molar refractivity (Wildman–Crippen MR) is 73.9 cm³/mol. The second-order valence-electron chi connectivity index (χ2n) is 4.03. The molecule has 1 aromatic rings. The predicted octanol–water partition coefficient (Wildman–Crippen LogP) is 3.21. The Morgan fingerprint density at radius 1 is 1.30 bits per heavy atom. The van der Waals surface area contributed by atoms with Gasteiger partial charge in [-0.15, -0.1) is 11.8 Å². The Balaban J connectivity index is 2.13. The van der Waals surface area contributed by atoms with Gasteiger partial charge in [0.1, 0.15) is 0 Å². The second-order valence-corrected chi connectivity index (χ2v) is 5.15. The monoisotopic (exact) mass is 308 g/mol. The fourth-order valence-corrected chi connectivity index (χ4v) is 2.18. The number of rotatable bonds is 9. The minimum Gasteiger partial charge on any atom is -0.382 e. The molecule has 0 fully saturated rings. The van der Waals surface area contributed by atoms with E-state index in [1.807, 2.05) is 6.92 Å². The van der Waals surface area contributed by atoms with Gasteiger partial charge in [-0.1, -0.05) is 0 Å². The van der Waals surface area contributed by atoms with Gasteiger partial charge >= 0.3 is 6.18 Å². The van der Waals surface area contributed by atoms with Crippen molar-refractivity contribution in [3.63, 3.8) is 0 Å². The van der Waals surface area contributed by atoms with Gasteiger partial charge < -0.3 is 10.1 Å². The van der Waals surface area contributed by atoms with Gasteiger partial charge in [0.15, 0.2) is 0 Å². The molecule has 0 atom stereocenters. The normalized spacial score (nSPS) is 11.8. The SMILES string of the molecule is CCOCCCNCCSc1ccc(C(F)(F)F)cn1. The zero-order chi connectivity index (χ0) is 14.8. The van der Waals surface area contributed by atoms with E-state index in [1.54, 1.807) is 0 Å². The number of hydrogen-bond donors (Lipinski definition) is 1. The molecule has 1 aromatic heterocycles. The quantitative estimate of drug-likeness (QED) is 0.561. The summed E-state index contributed by atoms with van der Waals surface area (Å²) in [6, 6.07) is 2.47. The molecule has 0 bridgehead atoms. The highest BCUT2D eigenvalue weighted by Crippen LogP contribution is 2.29. The highest BCUT2D eigenvalue weighted by atomic mass is 32.2. The van der Waals surface area contributed by atoms with Gasteiger partial charge in [-0.25, -0.2) is 4.98 Å². The van der Waals surface area contributed by atoms with Crippen LogP contribution in [0.5, 0.6) is 0 Å². The number of nitrogens with one attached hydrogen (secondary N) is 1. The van der Waals surface area contributed by atoms with Crippen LogP contribution < -0.4 is 5.32 Å². The minimum absolute atomic E-state index is 0.606. The average Bonchev–Trinajstić information content (AvgIpc) is 2.41. The Bertz CT molecular complexity index is 371. The number of thioether (sulfide) groups is 1. The van der Waals surface area contributed by atoms with E-state index in [1.165, 1.54) is 17.8 Å². The molecule has 0 aliphatic carbocycles. The zero-order valence-corrected chi connectivity index (χ0v) is 12.2. The van der Waals surface area contributed by atoms with Crippen LogP contribution in [0.25, 0.3) is 0 Å². The maximum atomic E-state index is 12.3. The van der Waals surface area contributed by atoms with Crippen molar-refractivity contribution in [1.82, 2.24) is 10.3 Å². The molecule has 0 saturated heterocycles. The van der Waals surface area contributed by atoms with Gasteiger partial charge in [-0.3, -0.25) is 0 Å². The number of hydrogen-bond acceptors (Lipinski definition) is 4. The first kappa shape index (κ1) is 17.3. The van der Waals surface area contributed by atoms with Crippen molar-refractivity contribution >= 4 is 11.8 Å². The minimum atomic E-state index is -4.32. The zero-order valence-electron chi connectivity index (χ0n) is 11.4. The molecule has 0 aliphatic heterocycles. The highest BCUT2D eigenvalue weighted by Gasteiger charge is 2.30. The van der Waals surface area contributed by atoms with Crippen LogP contribution in [0.3, 0.4) is 0 Å². The van der Waals surface area contributed by atoms with E-state index < -0.39 is 11.7 Å². The molecule has 0 amide bonds. The number of aromatic nitrogens is 1. The third kappa shape index (κ3) is 7.12. The molecule has 0 aliphatic rings. The van der Waals surface area contributed by atoms with Crippen LogP contribution in [-0.2, 0) is 10.9 Å². The van der Waals surface area contributed by atoms with Crippen molar-refractivity contribution < 1.29 is 17.9 Å². The molecule has 7 heteroatoms. The van der Waals surface area contributed by atoms with Crippen LogP contribution in [0.4, 0.5) is 13.2 Å². The summed E-state index contributed by atoms with van der Waals surface area (Å²) in [6.45, 7) is 5.11. The lowest BCUT2D eigenvalue weighted by Gasteiger charge is -2.07. The number of alkyl halides is 3. The molecule has 0 spiro atoms. The number of halogens is 3. The molecule has 1 heterocycles. The van der Waals surface area contributed by atoms with Crippen molar-refractivity contribution in [2.24, 2.45) is 0 Å². The molecule has 0 aromatic carbocycles. The van der Waals surface area contributed by atoms with Crippen LogP contribution in [-0.4, -0.2) is 37.0 Å². The molecule has 20 heavy (non-hydrogen) atoms. The summed E-state index contributed by atoms with van der Waals surface area (Å²) >= 11 is 1.44. The van der Waals surface area contributed by atoms with E-state index in [2.05, 4.69) is 10.3 Å². The molecule has 0 unspecified atom stereocenters. The summed E-state index contributed by atoms with van der Waals surface area (Å²) in [5.41, 5.74) is -0.712. The van der Waals surface area contributed by atoms with Gasteiger partial charge in [0.2, 0.25) is 0 Å². The Morgan fingerprint density at radius 2 is 2.10 bits per heavy atom. The van der Waals surface area contributed by atoms with E-state index in [0.29, 0.717) is 5.03 Å². The summed E-state index contributed by atoms with van der Waals surface area (Å²) in [5.74, 6) is 0.771. The molecule has 1 N–H and O–H groups in total. The van der Waals surface area contributed by atoms with Crippen molar-refractivity contribution in [2.45, 2.75) is 24.5 Å². The maximum Gasteiger partial charge on any atom is 0.417 e. The van der Waals surface area contributed by atoms with Crippen LogP contribution in [0.15, 0.2) is 23.4 Å². The first-order valence-electron chi connectivity index (χ1n) is 6.48. The van der Waals surface area contributed by atoms with Gasteiger partial charge in [-0.2, -0.15) is 13.2 Å². The molecular formula is C13H19F3N2OS. The largest absolute Gasteiger partial charge is 0.417 e. The molecular weight excluding hydrogens is 289 g/mol. The van der Waals surface area contributed by atoms with Crippen LogP contribution >= 0.6 is 11.8 Å². The lowest BCUT2D eigenvalue weighted by atomic mass is 10.3. The maximum absolute atomic E-state index is 12.3. The number of nitrogens with zero attached hydrogens (tertiary/aromatic N) is 1. The Morgan fingerprint density at radius 3 is 2.70 bits per heavy atom. The van der Waals surface area contributed by atoms with E-state index >= 15 is 0 Å². The topological polar surface area (TPSA) is 34.1 Å². The van der Waals surface area contributed by atoms with Crippen LogP contribution in [0, 0.1) is 0 Å². The summed E-state index contributed by atoms with van der Waals surface area (Å²) in [5, 5.41) is 3.85. The molecule has 0 saturated carbocycles. The van der Waals surface area contributed by atoms with Crippen LogP contribution in [0.2, 0.25) is 0 Å². The lowest BCUT2D eigenvalue weighted by molar-refractivity contribution is -0.137. The lowest BCUT2D eigenvalue weighted by Crippen LogP contribution is -2.19. The Kier molecular flexibility index (Phi) is 7.94. The van der Waals surface area contributed by atoms with Gasteiger partial charge in [0, 0.05) is 31.7 Å². The molecule has 3 nitrogen and oxygen atoms in total. The first-order chi connectivity index (χ1) is 9.54. The number of pyridine rings is 1. The van der Waals surface area contributed by atoms with Crippen molar-refractivity contribution in [3.8, 4) is 0 Å². The molecule has 114 valence electrons. The fourth-order valence-electron chi connectivity index (χ4n) is 1.43. The third-order valence-electron chi connectivity index (χ3n) is 2.44. The highest BCUT2D eigenvalue weighted by molar-refractivity contribution is 7.99. The van der Waals surface area contributed by atoms with Gasteiger partial charge in [-0.05, 0) is 32.0 Å². The Hall–Kier alpha value is -0.790. The van der Waals surface area contributed by atoms with E-state index in [9.17, 15) is 13.2 Å². The van der Waals surface area contributed by atoms with E-state index in [4.69, 9.17) is 4.74 Å². The smallest absolute Gasteiger partial charge is 0.382 e. The summed E-state index contributed by atoms with van der Waals surface area (Å²) in [4.78, 5) is 3.80.